The lowest BCUT2D eigenvalue weighted by molar-refractivity contribution is -0.266. The lowest BCUT2D eigenvalue weighted by Crippen LogP contribution is -2.70. The number of thioether (sulfide) groups is 1. The molecule has 5 aliphatic rings. The Kier molecular flexibility index (Phi) is 7.82. The van der Waals surface area contributed by atoms with Crippen LogP contribution < -0.4 is 4.74 Å². The molecule has 0 amide bonds. The summed E-state index contributed by atoms with van der Waals surface area (Å²) in [4.78, 5) is 32.7. The number of ether oxygens (including phenoxy) is 1. The van der Waals surface area contributed by atoms with E-state index in [0.29, 0.717) is 43.6 Å². The molecular formula is C36H38F3NO5S. The van der Waals surface area contributed by atoms with E-state index in [1.54, 1.807) is 12.0 Å². The molecule has 0 aromatic heterocycles. The zero-order valence-electron chi connectivity index (χ0n) is 25.8. The second kappa shape index (κ2) is 11.4. The van der Waals surface area contributed by atoms with E-state index in [1.807, 2.05) is 61.5 Å². The third-order valence-electron chi connectivity index (χ3n) is 11.7. The van der Waals surface area contributed by atoms with Crippen molar-refractivity contribution in [3.63, 3.8) is 0 Å². The number of hydrogen-bond acceptors (Lipinski definition) is 7. The number of aliphatic hydroxyl groups excluding tert-OH is 1. The SMILES string of the molecule is C[C@]12C=CC(=O)C=C1[C@@H](F)C[C@H]1[C@@H]3C[C@H]4CN(Cc5ccc(OCc6ccccc6)cc5)O[C@@]4(C(=O)SCF)[C@@]3(C)C[C@H](O)[C@@]12F. The fraction of sp³-hybridized carbons (Fsp3) is 0.500. The molecule has 2 aromatic carbocycles. The van der Waals surface area contributed by atoms with Crippen LogP contribution in [0.3, 0.4) is 0 Å². The van der Waals surface area contributed by atoms with Gasteiger partial charge in [0.25, 0.3) is 0 Å². The third-order valence-corrected chi connectivity index (χ3v) is 12.4. The maximum absolute atomic E-state index is 17.6. The number of ketones is 1. The van der Waals surface area contributed by atoms with Gasteiger partial charge >= 0.3 is 0 Å². The molecule has 6 nitrogen and oxygen atoms in total. The highest BCUT2D eigenvalue weighted by atomic mass is 32.2. The number of hydroxylamine groups is 2. The first kappa shape index (κ1) is 31.7. The topological polar surface area (TPSA) is 76.1 Å². The molecule has 0 spiro atoms. The van der Waals surface area contributed by atoms with Crippen molar-refractivity contribution in [1.29, 1.82) is 0 Å². The molecule has 0 unspecified atom stereocenters. The van der Waals surface area contributed by atoms with Gasteiger partial charge in [0.2, 0.25) is 5.12 Å². The fourth-order valence-electron chi connectivity index (χ4n) is 9.55. The number of aliphatic hydroxyl groups is 1. The number of benzene rings is 2. The van der Waals surface area contributed by atoms with Gasteiger partial charge in [0.15, 0.2) is 17.1 Å². The maximum Gasteiger partial charge on any atom is 0.226 e. The molecule has 3 saturated carbocycles. The van der Waals surface area contributed by atoms with Crippen molar-refractivity contribution in [2.45, 2.75) is 69.8 Å². The molecule has 0 bridgehead atoms. The number of fused-ring (bicyclic) bond motifs is 7. The zero-order chi connectivity index (χ0) is 32.5. The Hall–Kier alpha value is -2.92. The van der Waals surface area contributed by atoms with Gasteiger partial charge in [-0.25, -0.2) is 13.2 Å². The number of carbonyl (C=O) groups is 2. The molecule has 9 atom stereocenters. The van der Waals surface area contributed by atoms with Crippen LogP contribution in [0.25, 0.3) is 0 Å². The standard InChI is InChI=1S/C36H38F3NO5S/c1-33-13-12-25(41)15-29(33)30(38)16-28-27-14-24-19-40(18-22-8-10-26(11-9-22)44-20-23-6-4-3-5-7-23)45-36(24,32(43)46-21-37)34(27,2)17-31(42)35(28,33)39/h3-13,15,24,27-28,30-31,42H,14,16-21H2,1-2H3/t24-,27-,28-,30-,31-,33-,34-,35-,36-/m0/s1. The third kappa shape index (κ3) is 4.50. The summed E-state index contributed by atoms with van der Waals surface area (Å²) in [6.07, 6.45) is 0.693. The summed E-state index contributed by atoms with van der Waals surface area (Å²) in [6.45, 7) is 4.51. The highest BCUT2D eigenvalue weighted by Gasteiger charge is 2.79. The molecule has 46 heavy (non-hydrogen) atoms. The highest BCUT2D eigenvalue weighted by Crippen LogP contribution is 2.73. The predicted molar refractivity (Wildman–Crippen MR) is 168 cm³/mol. The maximum atomic E-state index is 17.6. The van der Waals surface area contributed by atoms with Gasteiger partial charge < -0.3 is 9.84 Å². The first-order valence-electron chi connectivity index (χ1n) is 15.9. The fourth-order valence-corrected chi connectivity index (χ4v) is 10.3. The van der Waals surface area contributed by atoms with Gasteiger partial charge in [-0.3, -0.25) is 14.4 Å². The summed E-state index contributed by atoms with van der Waals surface area (Å²) >= 11 is 0.531. The average Bonchev–Trinajstić information content (AvgIpc) is 3.52. The number of carbonyl (C=O) groups excluding carboxylic acids is 2. The smallest absolute Gasteiger partial charge is 0.226 e. The van der Waals surface area contributed by atoms with Crippen molar-refractivity contribution in [2.75, 3.05) is 12.6 Å². The van der Waals surface area contributed by atoms with E-state index in [9.17, 15) is 19.1 Å². The largest absolute Gasteiger partial charge is 0.489 e. The number of halogens is 3. The van der Waals surface area contributed by atoms with Crippen LogP contribution in [0, 0.1) is 28.6 Å². The van der Waals surface area contributed by atoms with Crippen LogP contribution in [-0.4, -0.2) is 57.2 Å². The highest BCUT2D eigenvalue weighted by molar-refractivity contribution is 8.13. The van der Waals surface area contributed by atoms with Gasteiger partial charge in [-0.2, -0.15) is 5.06 Å². The van der Waals surface area contributed by atoms with Crippen LogP contribution in [0.1, 0.15) is 44.2 Å². The summed E-state index contributed by atoms with van der Waals surface area (Å²) < 4.78 is 53.1. The quantitative estimate of drug-likeness (QED) is 0.367. The Morgan fingerprint density at radius 2 is 1.83 bits per heavy atom. The summed E-state index contributed by atoms with van der Waals surface area (Å²) in [6, 6.07) is 16.5. The molecule has 1 heterocycles. The lowest BCUT2D eigenvalue weighted by Gasteiger charge is -2.63. The predicted octanol–water partition coefficient (Wildman–Crippen LogP) is 6.48. The molecular weight excluding hydrogens is 615 g/mol. The van der Waals surface area contributed by atoms with E-state index < -0.39 is 69.0 Å². The van der Waals surface area contributed by atoms with Crippen LogP contribution in [0.2, 0.25) is 0 Å². The number of rotatable bonds is 7. The van der Waals surface area contributed by atoms with Crippen molar-refractivity contribution in [3.05, 3.63) is 89.5 Å². The van der Waals surface area contributed by atoms with E-state index in [-0.39, 0.29) is 18.4 Å². The van der Waals surface area contributed by atoms with Crippen molar-refractivity contribution < 1.29 is 37.4 Å². The number of nitrogens with zero attached hydrogens (tertiary/aromatic N) is 1. The molecule has 4 fully saturated rings. The van der Waals surface area contributed by atoms with Gasteiger partial charge in [0.05, 0.1) is 6.10 Å². The van der Waals surface area contributed by atoms with Crippen LogP contribution in [0.5, 0.6) is 5.75 Å². The summed E-state index contributed by atoms with van der Waals surface area (Å²) in [5, 5.41) is 12.9. The van der Waals surface area contributed by atoms with Crippen LogP contribution in [0.4, 0.5) is 13.2 Å². The normalized spacial score (nSPS) is 39.7. The van der Waals surface area contributed by atoms with Gasteiger partial charge in [-0.15, -0.1) is 0 Å². The van der Waals surface area contributed by atoms with Crippen LogP contribution in [-0.2, 0) is 27.6 Å². The first-order chi connectivity index (χ1) is 22.0. The van der Waals surface area contributed by atoms with Gasteiger partial charge in [-0.05, 0) is 73.1 Å². The van der Waals surface area contributed by atoms with Crippen molar-refractivity contribution >= 4 is 22.7 Å². The molecule has 0 radical (unpaired) electrons. The second-order valence-electron chi connectivity index (χ2n) is 13.9. The monoisotopic (exact) mass is 653 g/mol. The Balaban J connectivity index is 1.15. The van der Waals surface area contributed by atoms with E-state index in [2.05, 4.69) is 0 Å². The molecule has 7 rings (SSSR count). The summed E-state index contributed by atoms with van der Waals surface area (Å²) in [7, 11) is 0. The zero-order valence-corrected chi connectivity index (χ0v) is 26.7. The molecule has 1 saturated heterocycles. The summed E-state index contributed by atoms with van der Waals surface area (Å²) in [5.74, 6) is -1.56. The van der Waals surface area contributed by atoms with Crippen LogP contribution in [0.15, 0.2) is 78.4 Å². The lowest BCUT2D eigenvalue weighted by atomic mass is 9.44. The molecule has 4 aliphatic carbocycles. The first-order valence-corrected chi connectivity index (χ1v) is 16.8. The molecule has 1 N–H and O–H groups in total. The summed E-state index contributed by atoms with van der Waals surface area (Å²) in [5.41, 5.74) is -4.36. The Bertz CT molecular complexity index is 1590. The van der Waals surface area contributed by atoms with E-state index in [1.165, 1.54) is 12.2 Å². The minimum atomic E-state index is -2.26. The van der Waals surface area contributed by atoms with E-state index in [4.69, 9.17) is 9.57 Å². The van der Waals surface area contributed by atoms with Gasteiger partial charge in [-0.1, -0.05) is 67.2 Å². The Morgan fingerprint density at radius 1 is 1.09 bits per heavy atom. The average molecular weight is 654 g/mol. The minimum Gasteiger partial charge on any atom is -0.489 e. The van der Waals surface area contributed by atoms with E-state index in [0.717, 1.165) is 17.2 Å². The molecule has 244 valence electrons. The Morgan fingerprint density at radius 3 is 2.54 bits per heavy atom. The Labute approximate surface area is 271 Å². The second-order valence-corrected chi connectivity index (χ2v) is 14.8. The van der Waals surface area contributed by atoms with Gasteiger partial charge in [0, 0.05) is 35.8 Å². The number of allylic oxidation sites excluding steroid dienone is 4. The number of hydrogen-bond donors (Lipinski definition) is 1. The minimum absolute atomic E-state index is 0.0530. The van der Waals surface area contributed by atoms with Gasteiger partial charge in [0.1, 0.15) is 24.5 Å². The van der Waals surface area contributed by atoms with E-state index >= 15 is 8.78 Å². The van der Waals surface area contributed by atoms with Crippen LogP contribution >= 0.6 is 11.8 Å². The number of alkyl halides is 3. The van der Waals surface area contributed by atoms with Crippen molar-refractivity contribution in [3.8, 4) is 5.75 Å². The molecule has 10 heteroatoms. The molecule has 1 aliphatic heterocycles. The molecule has 2 aromatic rings. The van der Waals surface area contributed by atoms with Crippen molar-refractivity contribution in [1.82, 2.24) is 5.06 Å². The van der Waals surface area contributed by atoms with Crippen molar-refractivity contribution in [2.24, 2.45) is 28.6 Å².